The third kappa shape index (κ3) is 5.97. The van der Waals surface area contributed by atoms with Crippen molar-refractivity contribution < 1.29 is 9.59 Å². The number of benzene rings is 1. The van der Waals surface area contributed by atoms with Crippen LogP contribution in [0.1, 0.15) is 25.3 Å². The van der Waals surface area contributed by atoms with E-state index in [2.05, 4.69) is 45.2 Å². The molecule has 2 aliphatic rings. The Labute approximate surface area is 221 Å². The number of pyridine rings is 2. The van der Waals surface area contributed by atoms with Crippen molar-refractivity contribution in [1.29, 1.82) is 0 Å². The summed E-state index contributed by atoms with van der Waals surface area (Å²) in [5, 5.41) is 1.09. The highest BCUT2D eigenvalue weighted by Gasteiger charge is 2.22. The monoisotopic (exact) mass is 511 g/mol. The fraction of sp³-hybridized carbons (Fsp3) is 0.276. The predicted octanol–water partition coefficient (Wildman–Crippen LogP) is 4.99. The lowest BCUT2D eigenvalue weighted by Gasteiger charge is -2.35. The molecule has 0 N–H and O–H groups in total. The standard InChI is InChI=1S/C29H29N5O2S/c1-2-3-23(35)6-9-29(36)34-14-12-33(13-15-34)28-8-5-22(18-32-28)25-10-11-31-27-7-4-21(17-26(25)27)16-24-19-30-20-37-24/h2-5,7-8,10-11,16-19H,6,9,12-15,20H2,1H3/b3-2+,24-16-. The van der Waals surface area contributed by atoms with E-state index in [-0.39, 0.29) is 24.5 Å². The van der Waals surface area contributed by atoms with Crippen LogP contribution in [0.5, 0.6) is 0 Å². The minimum atomic E-state index is -0.00346. The second-order valence-corrected chi connectivity index (χ2v) is 10.0. The number of amides is 1. The van der Waals surface area contributed by atoms with Gasteiger partial charge >= 0.3 is 0 Å². The zero-order valence-corrected chi connectivity index (χ0v) is 21.7. The van der Waals surface area contributed by atoms with Crippen LogP contribution in [0.15, 0.2) is 70.8 Å². The van der Waals surface area contributed by atoms with Gasteiger partial charge in [0.25, 0.3) is 0 Å². The van der Waals surface area contributed by atoms with Gasteiger partial charge in [-0.05, 0) is 60.5 Å². The molecule has 2 aliphatic heterocycles. The molecule has 0 aliphatic carbocycles. The number of hydrogen-bond donors (Lipinski definition) is 0. The SMILES string of the molecule is C/C=C/C(=O)CCC(=O)N1CCN(c2ccc(-c3ccnc4ccc(/C=C5/C=NCS5)cc34)cn2)CC1. The lowest BCUT2D eigenvalue weighted by molar-refractivity contribution is -0.132. The van der Waals surface area contributed by atoms with E-state index in [0.717, 1.165) is 52.4 Å². The summed E-state index contributed by atoms with van der Waals surface area (Å²) in [5.74, 6) is 1.73. The highest BCUT2D eigenvalue weighted by Crippen LogP contribution is 2.30. The zero-order valence-electron chi connectivity index (χ0n) is 20.8. The quantitative estimate of drug-likeness (QED) is 0.416. The Morgan fingerprint density at radius 3 is 2.62 bits per heavy atom. The molecule has 3 aromatic rings. The van der Waals surface area contributed by atoms with Crippen molar-refractivity contribution in [3.8, 4) is 11.1 Å². The number of hydrogen-bond acceptors (Lipinski definition) is 7. The molecule has 0 radical (unpaired) electrons. The lowest BCUT2D eigenvalue weighted by Crippen LogP contribution is -2.49. The van der Waals surface area contributed by atoms with Gasteiger partial charge < -0.3 is 9.80 Å². The van der Waals surface area contributed by atoms with Crippen LogP contribution in [0, 0.1) is 0 Å². The van der Waals surface area contributed by atoms with E-state index in [1.165, 1.54) is 11.0 Å². The Balaban J connectivity index is 1.26. The van der Waals surface area contributed by atoms with Gasteiger partial charge in [0.05, 0.1) is 11.4 Å². The van der Waals surface area contributed by atoms with E-state index in [9.17, 15) is 9.59 Å². The van der Waals surface area contributed by atoms with E-state index < -0.39 is 0 Å². The molecule has 1 amide bonds. The van der Waals surface area contributed by atoms with Crippen LogP contribution in [-0.2, 0) is 9.59 Å². The predicted molar refractivity (Wildman–Crippen MR) is 152 cm³/mol. The molecule has 0 bridgehead atoms. The number of carbonyl (C=O) groups is 2. The summed E-state index contributed by atoms with van der Waals surface area (Å²) in [4.78, 5) is 43.0. The molecular formula is C29H29N5O2S. The maximum Gasteiger partial charge on any atom is 0.223 e. The topological polar surface area (TPSA) is 78.8 Å². The first-order valence-electron chi connectivity index (χ1n) is 12.5. The van der Waals surface area contributed by atoms with Gasteiger partial charge in [-0.3, -0.25) is 19.6 Å². The van der Waals surface area contributed by atoms with Crippen LogP contribution in [-0.4, -0.2) is 64.8 Å². The number of anilines is 1. The van der Waals surface area contributed by atoms with Gasteiger partial charge in [-0.2, -0.15) is 0 Å². The molecule has 1 saturated heterocycles. The maximum absolute atomic E-state index is 12.5. The van der Waals surface area contributed by atoms with Crippen molar-refractivity contribution in [1.82, 2.24) is 14.9 Å². The van der Waals surface area contributed by atoms with Gasteiger partial charge in [0.1, 0.15) is 5.82 Å². The second kappa shape index (κ2) is 11.5. The largest absolute Gasteiger partial charge is 0.353 e. The van der Waals surface area contributed by atoms with Gasteiger partial charge in [0.15, 0.2) is 5.78 Å². The fourth-order valence-corrected chi connectivity index (χ4v) is 5.27. The average molecular weight is 512 g/mol. The highest BCUT2D eigenvalue weighted by atomic mass is 32.2. The minimum absolute atomic E-state index is 0.00346. The first kappa shape index (κ1) is 24.9. The van der Waals surface area contributed by atoms with Crippen LogP contribution in [0.3, 0.4) is 0 Å². The first-order valence-corrected chi connectivity index (χ1v) is 13.5. The van der Waals surface area contributed by atoms with Crippen LogP contribution >= 0.6 is 11.8 Å². The normalized spacial score (nSPS) is 16.8. The Morgan fingerprint density at radius 1 is 1.03 bits per heavy atom. The molecule has 0 saturated carbocycles. The number of thioether (sulfide) groups is 1. The lowest BCUT2D eigenvalue weighted by atomic mass is 10.0. The van der Waals surface area contributed by atoms with Gasteiger partial charge in [0, 0.05) is 73.5 Å². The van der Waals surface area contributed by atoms with Crippen molar-refractivity contribution in [3.05, 3.63) is 71.4 Å². The maximum atomic E-state index is 12.5. The summed E-state index contributed by atoms with van der Waals surface area (Å²) in [6.07, 6.45) is 11.6. The molecule has 1 aromatic carbocycles. The summed E-state index contributed by atoms with van der Waals surface area (Å²) < 4.78 is 0. The number of allylic oxidation sites excluding steroid dienone is 3. The van der Waals surface area contributed by atoms with Gasteiger partial charge in [-0.1, -0.05) is 12.1 Å². The smallest absolute Gasteiger partial charge is 0.223 e. The van der Waals surface area contributed by atoms with Crippen LogP contribution in [0.2, 0.25) is 0 Å². The van der Waals surface area contributed by atoms with E-state index in [1.807, 2.05) is 35.6 Å². The molecule has 7 nitrogen and oxygen atoms in total. The Hall–Kier alpha value is -3.78. The number of fused-ring (bicyclic) bond motifs is 1. The fourth-order valence-electron chi connectivity index (χ4n) is 4.60. The molecular weight excluding hydrogens is 482 g/mol. The highest BCUT2D eigenvalue weighted by molar-refractivity contribution is 8.04. The molecule has 1 fully saturated rings. The van der Waals surface area contributed by atoms with Crippen molar-refractivity contribution in [2.24, 2.45) is 4.99 Å². The summed E-state index contributed by atoms with van der Waals surface area (Å²) in [6, 6.07) is 12.5. The molecule has 0 atom stereocenters. The van der Waals surface area contributed by atoms with Crippen molar-refractivity contribution in [2.45, 2.75) is 19.8 Å². The summed E-state index contributed by atoms with van der Waals surface area (Å²) in [7, 11) is 0. The number of aliphatic imine (C=N–C) groups is 1. The van der Waals surface area contributed by atoms with E-state index in [1.54, 1.807) is 24.8 Å². The van der Waals surface area contributed by atoms with E-state index >= 15 is 0 Å². The summed E-state index contributed by atoms with van der Waals surface area (Å²) in [5.41, 5.74) is 4.21. The van der Waals surface area contributed by atoms with E-state index in [4.69, 9.17) is 4.98 Å². The molecule has 5 rings (SSSR count). The molecule has 37 heavy (non-hydrogen) atoms. The third-order valence-corrected chi connectivity index (χ3v) is 7.39. The second-order valence-electron chi connectivity index (χ2n) is 9.01. The van der Waals surface area contributed by atoms with Crippen LogP contribution in [0.4, 0.5) is 5.82 Å². The Kier molecular flexibility index (Phi) is 7.75. The number of ketones is 1. The number of aromatic nitrogens is 2. The van der Waals surface area contributed by atoms with Gasteiger partial charge in [-0.25, -0.2) is 4.98 Å². The average Bonchev–Trinajstić information content (AvgIpc) is 3.45. The Morgan fingerprint density at radius 2 is 1.89 bits per heavy atom. The molecule has 2 aromatic heterocycles. The number of nitrogens with zero attached hydrogens (tertiary/aromatic N) is 5. The zero-order chi connectivity index (χ0) is 25.6. The molecule has 188 valence electrons. The van der Waals surface area contributed by atoms with Crippen molar-refractivity contribution in [3.63, 3.8) is 0 Å². The molecule has 0 unspecified atom stereocenters. The van der Waals surface area contributed by atoms with Gasteiger partial charge in [-0.15, -0.1) is 11.8 Å². The van der Waals surface area contributed by atoms with Crippen LogP contribution < -0.4 is 4.90 Å². The molecule has 4 heterocycles. The first-order chi connectivity index (χ1) is 18.1. The number of rotatable bonds is 7. The van der Waals surface area contributed by atoms with Crippen molar-refractivity contribution in [2.75, 3.05) is 37.0 Å². The molecule has 0 spiro atoms. The Bertz CT molecular complexity index is 1390. The van der Waals surface area contributed by atoms with Gasteiger partial charge in [0.2, 0.25) is 5.91 Å². The number of carbonyl (C=O) groups excluding carboxylic acids is 2. The number of piperazine rings is 1. The van der Waals surface area contributed by atoms with E-state index in [0.29, 0.717) is 13.1 Å². The summed E-state index contributed by atoms with van der Waals surface area (Å²) >= 11 is 1.74. The molecule has 8 heteroatoms. The van der Waals surface area contributed by atoms with Crippen molar-refractivity contribution >= 4 is 52.5 Å². The third-order valence-electron chi connectivity index (χ3n) is 6.55. The minimum Gasteiger partial charge on any atom is -0.353 e. The summed E-state index contributed by atoms with van der Waals surface area (Å²) in [6.45, 7) is 4.52. The van der Waals surface area contributed by atoms with Crippen LogP contribution in [0.25, 0.3) is 28.1 Å².